The minimum absolute atomic E-state index is 0.00505. The van der Waals surface area contributed by atoms with Gasteiger partial charge in [0.1, 0.15) is 18.1 Å². The minimum Gasteiger partial charge on any atom is -0.486 e. The second-order valence-corrected chi connectivity index (χ2v) is 8.56. The van der Waals surface area contributed by atoms with E-state index < -0.39 is 22.0 Å². The Hall–Kier alpha value is -2.79. The van der Waals surface area contributed by atoms with Gasteiger partial charge in [-0.3, -0.25) is 4.72 Å². The van der Waals surface area contributed by atoms with Gasteiger partial charge in [-0.05, 0) is 24.6 Å². The molecule has 0 saturated carbocycles. The highest BCUT2D eigenvalue weighted by Gasteiger charge is 2.33. The first-order chi connectivity index (χ1) is 13.3. The molecule has 0 radical (unpaired) electrons. The number of hydrogen-bond acceptors (Lipinski definition) is 9. The summed E-state index contributed by atoms with van der Waals surface area (Å²) in [5.41, 5.74) is 0.176. The van der Waals surface area contributed by atoms with Crippen LogP contribution in [0.2, 0.25) is 0 Å². The van der Waals surface area contributed by atoms with Crippen molar-refractivity contribution in [1.82, 2.24) is 0 Å². The van der Waals surface area contributed by atoms with Crippen molar-refractivity contribution in [2.24, 2.45) is 0 Å². The summed E-state index contributed by atoms with van der Waals surface area (Å²) in [6, 6.07) is 4.56. The van der Waals surface area contributed by atoms with E-state index >= 15 is 0 Å². The maximum absolute atomic E-state index is 13.0. The number of hydrogen-bond donors (Lipinski definition) is 1. The third-order valence-corrected chi connectivity index (χ3v) is 7.08. The molecule has 1 aromatic carbocycles. The van der Waals surface area contributed by atoms with Crippen LogP contribution in [0.25, 0.3) is 0 Å². The molecule has 9 nitrogen and oxygen atoms in total. The summed E-state index contributed by atoms with van der Waals surface area (Å²) in [5, 5.41) is 0. The highest BCUT2D eigenvalue weighted by Crippen LogP contribution is 2.36. The van der Waals surface area contributed by atoms with Gasteiger partial charge in [0, 0.05) is 6.07 Å². The first-order valence-corrected chi connectivity index (χ1v) is 10.3. The second-order valence-electron chi connectivity index (χ2n) is 5.67. The molecule has 0 amide bonds. The topological polar surface area (TPSA) is 117 Å². The van der Waals surface area contributed by atoms with Crippen LogP contribution in [-0.2, 0) is 19.5 Å². The highest BCUT2D eigenvalue weighted by atomic mass is 32.2. The molecule has 0 bridgehead atoms. The average molecular weight is 427 g/mol. The van der Waals surface area contributed by atoms with Gasteiger partial charge in [0.25, 0.3) is 10.0 Å². The monoisotopic (exact) mass is 427 g/mol. The Bertz CT molecular complexity index is 1040. The highest BCUT2D eigenvalue weighted by molar-refractivity contribution is 7.94. The standard InChI is InChI=1S/C17H17NO8S2/c1-9-13(15(19)23-2)17(27-14(9)16(20)24-3)28(21,22)18-10-4-5-11-12(8-10)26-7-6-25-11/h4-5,8,18H,6-7H2,1-3H3. The second kappa shape index (κ2) is 7.68. The van der Waals surface area contributed by atoms with Crippen molar-refractivity contribution in [3.8, 4) is 11.5 Å². The maximum atomic E-state index is 13.0. The van der Waals surface area contributed by atoms with Gasteiger partial charge in [0.05, 0.1) is 25.5 Å². The Morgan fingerprint density at radius 2 is 1.71 bits per heavy atom. The zero-order valence-electron chi connectivity index (χ0n) is 15.2. The Labute approximate surface area is 165 Å². The predicted octanol–water partition coefficient (Wildman–Crippen LogP) is 2.20. The summed E-state index contributed by atoms with van der Waals surface area (Å²) >= 11 is 0.636. The van der Waals surface area contributed by atoms with E-state index in [2.05, 4.69) is 9.46 Å². The predicted molar refractivity (Wildman–Crippen MR) is 100.0 cm³/mol. The van der Waals surface area contributed by atoms with E-state index in [0.29, 0.717) is 36.0 Å². The van der Waals surface area contributed by atoms with E-state index in [1.807, 2.05) is 0 Å². The number of rotatable bonds is 5. The van der Waals surface area contributed by atoms with Crippen LogP contribution in [0, 0.1) is 6.92 Å². The lowest BCUT2D eigenvalue weighted by atomic mass is 10.2. The van der Waals surface area contributed by atoms with Crippen LogP contribution in [-0.4, -0.2) is 47.8 Å². The summed E-state index contributed by atoms with van der Waals surface area (Å²) in [5.74, 6) is -0.707. The fraction of sp³-hybridized carbons (Fsp3) is 0.294. The number of carbonyl (C=O) groups is 2. The summed E-state index contributed by atoms with van der Waals surface area (Å²) in [6.07, 6.45) is 0. The fourth-order valence-corrected chi connectivity index (χ4v) is 5.41. The lowest BCUT2D eigenvalue weighted by Crippen LogP contribution is -2.17. The molecule has 0 unspecified atom stereocenters. The smallest absolute Gasteiger partial charge is 0.348 e. The third-order valence-electron chi connectivity index (χ3n) is 3.91. The van der Waals surface area contributed by atoms with E-state index in [-0.39, 0.29) is 25.9 Å². The first kappa shape index (κ1) is 20.0. The Balaban J connectivity index is 2.03. The SMILES string of the molecule is COC(=O)c1sc(S(=O)(=O)Nc2ccc3c(c2)OCCO3)c(C(=O)OC)c1C. The molecule has 0 fully saturated rings. The number of benzene rings is 1. The molecule has 0 aliphatic carbocycles. The first-order valence-electron chi connectivity index (χ1n) is 8.01. The summed E-state index contributed by atoms with van der Waals surface area (Å²) in [4.78, 5) is 24.1. The molecule has 1 N–H and O–H groups in total. The lowest BCUT2D eigenvalue weighted by Gasteiger charge is -2.19. The van der Waals surface area contributed by atoms with Crippen molar-refractivity contribution in [1.29, 1.82) is 0 Å². The van der Waals surface area contributed by atoms with E-state index in [4.69, 9.17) is 14.2 Å². The van der Waals surface area contributed by atoms with Crippen molar-refractivity contribution < 1.29 is 37.0 Å². The van der Waals surface area contributed by atoms with Gasteiger partial charge in [0.2, 0.25) is 0 Å². The van der Waals surface area contributed by atoms with E-state index in [1.165, 1.54) is 26.2 Å². The van der Waals surface area contributed by atoms with Gasteiger partial charge in [-0.25, -0.2) is 18.0 Å². The molecule has 0 saturated heterocycles. The number of fused-ring (bicyclic) bond motifs is 1. The number of esters is 2. The molecular weight excluding hydrogens is 410 g/mol. The summed E-state index contributed by atoms with van der Waals surface area (Å²) in [6.45, 7) is 2.21. The van der Waals surface area contributed by atoms with Gasteiger partial charge in [-0.1, -0.05) is 0 Å². The minimum atomic E-state index is -4.21. The third kappa shape index (κ3) is 3.62. The van der Waals surface area contributed by atoms with Crippen LogP contribution in [0.1, 0.15) is 25.6 Å². The molecule has 0 atom stereocenters. The van der Waals surface area contributed by atoms with Crippen molar-refractivity contribution in [2.75, 3.05) is 32.2 Å². The van der Waals surface area contributed by atoms with Crippen molar-refractivity contribution in [3.63, 3.8) is 0 Å². The van der Waals surface area contributed by atoms with E-state index in [9.17, 15) is 18.0 Å². The van der Waals surface area contributed by atoms with Crippen molar-refractivity contribution in [2.45, 2.75) is 11.1 Å². The molecular formula is C17H17NO8S2. The van der Waals surface area contributed by atoms with E-state index in [0.717, 1.165) is 7.11 Å². The van der Waals surface area contributed by atoms with Gasteiger partial charge >= 0.3 is 11.9 Å². The number of carbonyl (C=O) groups excluding carboxylic acids is 2. The molecule has 11 heteroatoms. The zero-order valence-corrected chi connectivity index (χ0v) is 16.9. The van der Waals surface area contributed by atoms with Gasteiger partial charge in [-0.2, -0.15) is 0 Å². The number of sulfonamides is 1. The number of nitrogens with one attached hydrogen (secondary N) is 1. The van der Waals surface area contributed by atoms with Crippen LogP contribution >= 0.6 is 11.3 Å². The number of ether oxygens (including phenoxy) is 4. The van der Waals surface area contributed by atoms with Crippen molar-refractivity contribution in [3.05, 3.63) is 34.2 Å². The fourth-order valence-electron chi connectivity index (χ4n) is 2.61. The zero-order chi connectivity index (χ0) is 20.5. The summed E-state index contributed by atoms with van der Waals surface area (Å²) < 4.78 is 48.2. The molecule has 150 valence electrons. The maximum Gasteiger partial charge on any atom is 0.348 e. The Kier molecular flexibility index (Phi) is 5.47. The quantitative estimate of drug-likeness (QED) is 0.722. The van der Waals surface area contributed by atoms with Gasteiger partial charge in [-0.15, -0.1) is 11.3 Å². The Morgan fingerprint density at radius 1 is 1.07 bits per heavy atom. The molecule has 0 spiro atoms. The molecule has 1 aliphatic rings. The normalized spacial score (nSPS) is 13.0. The molecule has 1 aromatic heterocycles. The number of anilines is 1. The molecule has 28 heavy (non-hydrogen) atoms. The van der Waals surface area contributed by atoms with Crippen LogP contribution in [0.5, 0.6) is 11.5 Å². The van der Waals surface area contributed by atoms with Crippen molar-refractivity contribution >= 4 is 39.0 Å². The van der Waals surface area contributed by atoms with Crippen LogP contribution in [0.4, 0.5) is 5.69 Å². The largest absolute Gasteiger partial charge is 0.486 e. The summed E-state index contributed by atoms with van der Waals surface area (Å²) in [7, 11) is -1.91. The van der Waals surface area contributed by atoms with E-state index in [1.54, 1.807) is 6.07 Å². The molecule has 2 aromatic rings. The van der Waals surface area contributed by atoms with Crippen LogP contribution < -0.4 is 14.2 Å². The Morgan fingerprint density at radius 3 is 2.36 bits per heavy atom. The lowest BCUT2D eigenvalue weighted by molar-refractivity contribution is 0.0596. The van der Waals surface area contributed by atoms with Crippen LogP contribution in [0.15, 0.2) is 22.4 Å². The molecule has 2 heterocycles. The number of methoxy groups -OCH3 is 2. The number of thiophene rings is 1. The average Bonchev–Trinajstić information content (AvgIpc) is 3.04. The molecule has 3 rings (SSSR count). The molecule has 1 aliphatic heterocycles. The van der Waals surface area contributed by atoms with Crippen LogP contribution in [0.3, 0.4) is 0 Å². The van der Waals surface area contributed by atoms with Gasteiger partial charge in [0.15, 0.2) is 15.7 Å². The van der Waals surface area contributed by atoms with Gasteiger partial charge < -0.3 is 18.9 Å².